The van der Waals surface area contributed by atoms with E-state index in [1.165, 1.54) is 20.3 Å². The van der Waals surface area contributed by atoms with Crippen molar-refractivity contribution < 1.29 is 19.1 Å². The second-order valence-corrected chi connectivity index (χ2v) is 7.14. The van der Waals surface area contributed by atoms with Gasteiger partial charge in [0, 0.05) is 12.5 Å². The summed E-state index contributed by atoms with van der Waals surface area (Å²) < 4.78 is 10.5. The molecule has 3 rings (SSSR count). The van der Waals surface area contributed by atoms with Gasteiger partial charge in [0.2, 0.25) is 11.8 Å². The number of piperidine rings is 1. The van der Waals surface area contributed by atoms with Crippen molar-refractivity contribution in [3.63, 3.8) is 0 Å². The highest BCUT2D eigenvalue weighted by Gasteiger charge is 2.48. The third kappa shape index (κ3) is 3.65. The molecule has 0 aromatic heterocycles. The van der Waals surface area contributed by atoms with E-state index in [1.54, 1.807) is 18.2 Å². The molecule has 2 amide bonds. The largest absolute Gasteiger partial charge is 0.493 e. The molecule has 1 heterocycles. The Morgan fingerprint density at radius 3 is 2.73 bits per heavy atom. The number of benzene rings is 1. The van der Waals surface area contributed by atoms with E-state index in [0.29, 0.717) is 29.4 Å². The topological polar surface area (TPSA) is 76.7 Å². The van der Waals surface area contributed by atoms with E-state index in [2.05, 4.69) is 10.6 Å². The lowest BCUT2D eigenvalue weighted by molar-refractivity contribution is -0.130. The van der Waals surface area contributed by atoms with Crippen molar-refractivity contribution >= 4 is 29.5 Å². The molecule has 1 aromatic carbocycles. The Morgan fingerprint density at radius 1 is 1.35 bits per heavy atom. The van der Waals surface area contributed by atoms with E-state index in [4.69, 9.17) is 21.1 Å². The standard InChI is InChI=1S/C19H23ClN2O4/c1-25-14-11-12(10-13(20)18(14)26-2)4-6-16(23)21-15-5-7-17(24)22-19(15)8-3-9-19/h4,6,10-11,15H,3,5,7-9H2,1-2H3,(H,21,23)(H,22,24)/b6-4+. The number of carbonyl (C=O) groups excluding carboxylic acids is 2. The van der Waals surface area contributed by atoms with Gasteiger partial charge >= 0.3 is 0 Å². The zero-order chi connectivity index (χ0) is 18.7. The summed E-state index contributed by atoms with van der Waals surface area (Å²) in [6, 6.07) is 3.43. The monoisotopic (exact) mass is 378 g/mol. The zero-order valence-electron chi connectivity index (χ0n) is 14.9. The molecule has 2 fully saturated rings. The zero-order valence-corrected chi connectivity index (χ0v) is 15.7. The fraction of sp³-hybridized carbons (Fsp3) is 0.474. The first kappa shape index (κ1) is 18.6. The lowest BCUT2D eigenvalue weighted by atomic mass is 9.68. The molecule has 1 saturated carbocycles. The number of methoxy groups -OCH3 is 2. The van der Waals surface area contributed by atoms with Crippen LogP contribution in [0, 0.1) is 0 Å². The van der Waals surface area contributed by atoms with Gasteiger partial charge in [0.15, 0.2) is 11.5 Å². The SMILES string of the molecule is COc1cc(/C=C/C(=O)NC2CCC(=O)NC23CCC3)cc(Cl)c1OC. The van der Waals surface area contributed by atoms with Crippen LogP contribution in [0.1, 0.15) is 37.7 Å². The molecule has 1 aromatic rings. The first-order valence-electron chi connectivity index (χ1n) is 8.68. The molecule has 1 saturated heterocycles. The predicted molar refractivity (Wildman–Crippen MR) is 99.5 cm³/mol. The number of amides is 2. The van der Waals surface area contributed by atoms with Gasteiger partial charge in [0.25, 0.3) is 0 Å². The normalized spacial score (nSPS) is 21.2. The highest BCUT2D eigenvalue weighted by molar-refractivity contribution is 6.32. The van der Waals surface area contributed by atoms with E-state index in [0.717, 1.165) is 24.8 Å². The lowest BCUT2D eigenvalue weighted by Crippen LogP contribution is -2.68. The Morgan fingerprint density at radius 2 is 2.12 bits per heavy atom. The maximum Gasteiger partial charge on any atom is 0.244 e. The fourth-order valence-corrected chi connectivity index (χ4v) is 3.94. The molecule has 7 heteroatoms. The number of nitrogens with one attached hydrogen (secondary N) is 2. The molecule has 2 aliphatic rings. The van der Waals surface area contributed by atoms with Crippen LogP contribution in [0.2, 0.25) is 5.02 Å². The molecule has 1 aliphatic carbocycles. The van der Waals surface area contributed by atoms with Crippen molar-refractivity contribution in [2.45, 2.75) is 43.7 Å². The van der Waals surface area contributed by atoms with Gasteiger partial charge in [-0.05, 0) is 49.5 Å². The third-order valence-electron chi connectivity index (χ3n) is 5.16. The van der Waals surface area contributed by atoms with E-state index >= 15 is 0 Å². The number of halogens is 1. The van der Waals surface area contributed by atoms with Crippen LogP contribution in [0.15, 0.2) is 18.2 Å². The Labute approximate surface area is 157 Å². The number of ether oxygens (including phenoxy) is 2. The Kier molecular flexibility index (Phi) is 5.41. The second kappa shape index (κ2) is 7.58. The number of carbonyl (C=O) groups is 2. The first-order valence-corrected chi connectivity index (χ1v) is 9.06. The van der Waals surface area contributed by atoms with Crippen molar-refractivity contribution in [1.29, 1.82) is 0 Å². The molecule has 26 heavy (non-hydrogen) atoms. The summed E-state index contributed by atoms with van der Waals surface area (Å²) in [5, 5.41) is 6.52. The number of hydrogen-bond donors (Lipinski definition) is 2. The predicted octanol–water partition coefficient (Wildman–Crippen LogP) is 2.69. The molecule has 1 atom stereocenters. The van der Waals surface area contributed by atoms with Gasteiger partial charge < -0.3 is 20.1 Å². The van der Waals surface area contributed by atoms with Gasteiger partial charge in [-0.1, -0.05) is 11.6 Å². The average molecular weight is 379 g/mol. The van der Waals surface area contributed by atoms with Crippen LogP contribution in [0.5, 0.6) is 11.5 Å². The summed E-state index contributed by atoms with van der Waals surface area (Å²) in [5.41, 5.74) is 0.476. The summed E-state index contributed by atoms with van der Waals surface area (Å²) >= 11 is 6.18. The van der Waals surface area contributed by atoms with Gasteiger partial charge in [0.05, 0.1) is 30.8 Å². The van der Waals surface area contributed by atoms with Crippen LogP contribution in [0.3, 0.4) is 0 Å². The van der Waals surface area contributed by atoms with Crippen molar-refractivity contribution in [1.82, 2.24) is 10.6 Å². The number of hydrogen-bond acceptors (Lipinski definition) is 4. The third-order valence-corrected chi connectivity index (χ3v) is 5.44. The van der Waals surface area contributed by atoms with Crippen molar-refractivity contribution in [3.8, 4) is 11.5 Å². The molecular weight excluding hydrogens is 356 g/mol. The fourth-order valence-electron chi connectivity index (χ4n) is 3.65. The Hall–Kier alpha value is -2.21. The average Bonchev–Trinajstić information content (AvgIpc) is 2.59. The van der Waals surface area contributed by atoms with E-state index in [9.17, 15) is 9.59 Å². The summed E-state index contributed by atoms with van der Waals surface area (Å²) in [5.74, 6) is 0.846. The Bertz CT molecular complexity index is 743. The van der Waals surface area contributed by atoms with Crippen molar-refractivity contribution in [3.05, 3.63) is 28.8 Å². The van der Waals surface area contributed by atoms with Crippen LogP contribution >= 0.6 is 11.6 Å². The summed E-state index contributed by atoms with van der Waals surface area (Å²) in [6.07, 6.45) is 7.18. The van der Waals surface area contributed by atoms with Crippen LogP contribution in [-0.4, -0.2) is 37.6 Å². The summed E-state index contributed by atoms with van der Waals surface area (Å²) in [7, 11) is 3.05. The Balaban J connectivity index is 1.68. The van der Waals surface area contributed by atoms with Gasteiger partial charge in [0.1, 0.15) is 0 Å². The molecule has 6 nitrogen and oxygen atoms in total. The molecule has 0 radical (unpaired) electrons. The molecule has 1 unspecified atom stereocenters. The van der Waals surface area contributed by atoms with E-state index in [-0.39, 0.29) is 23.4 Å². The van der Waals surface area contributed by atoms with Crippen LogP contribution in [-0.2, 0) is 9.59 Å². The maximum atomic E-state index is 12.4. The minimum Gasteiger partial charge on any atom is -0.493 e. The summed E-state index contributed by atoms with van der Waals surface area (Å²) in [6.45, 7) is 0. The quantitative estimate of drug-likeness (QED) is 0.772. The van der Waals surface area contributed by atoms with Crippen LogP contribution in [0.4, 0.5) is 0 Å². The summed E-state index contributed by atoms with van der Waals surface area (Å²) in [4.78, 5) is 24.0. The van der Waals surface area contributed by atoms with Crippen molar-refractivity contribution in [2.75, 3.05) is 14.2 Å². The molecule has 1 spiro atoms. The minimum atomic E-state index is -0.258. The van der Waals surface area contributed by atoms with Crippen LogP contribution in [0.25, 0.3) is 6.08 Å². The molecular formula is C19H23ClN2O4. The maximum absolute atomic E-state index is 12.4. The van der Waals surface area contributed by atoms with Gasteiger partial charge in [-0.15, -0.1) is 0 Å². The van der Waals surface area contributed by atoms with E-state index < -0.39 is 0 Å². The second-order valence-electron chi connectivity index (χ2n) is 6.73. The number of rotatable bonds is 5. The minimum absolute atomic E-state index is 0.0277. The smallest absolute Gasteiger partial charge is 0.244 e. The lowest BCUT2D eigenvalue weighted by Gasteiger charge is -2.50. The van der Waals surface area contributed by atoms with Gasteiger partial charge in [-0.3, -0.25) is 9.59 Å². The van der Waals surface area contributed by atoms with Gasteiger partial charge in [-0.2, -0.15) is 0 Å². The first-order chi connectivity index (χ1) is 12.5. The van der Waals surface area contributed by atoms with Crippen molar-refractivity contribution in [2.24, 2.45) is 0 Å². The van der Waals surface area contributed by atoms with Gasteiger partial charge in [-0.25, -0.2) is 0 Å². The molecule has 2 N–H and O–H groups in total. The highest BCUT2D eigenvalue weighted by atomic mass is 35.5. The highest BCUT2D eigenvalue weighted by Crippen LogP contribution is 2.39. The van der Waals surface area contributed by atoms with Crippen LogP contribution < -0.4 is 20.1 Å². The molecule has 0 bridgehead atoms. The van der Waals surface area contributed by atoms with E-state index in [1.807, 2.05) is 0 Å². The molecule has 1 aliphatic heterocycles. The molecule has 140 valence electrons.